The first-order valence-electron chi connectivity index (χ1n) is 20.8. The number of carbonyl (C=O) groups is 2. The number of likely N-dealkylation sites (tertiary alicyclic amines) is 1. The van der Waals surface area contributed by atoms with E-state index in [1.54, 1.807) is 59.9 Å². The number of aryl methyl sites for hydroxylation is 2. The Morgan fingerprint density at radius 2 is 1.81 bits per heavy atom. The number of fused-ring (bicyclic) bond motifs is 1. The molecule has 18 heteroatoms. The normalized spacial score (nSPS) is 15.3. The number of halogens is 2. The molecule has 14 nitrogen and oxygen atoms in total. The summed E-state index contributed by atoms with van der Waals surface area (Å²) in [7, 11) is -2.01. The number of hydrogen-bond acceptors (Lipinski definition) is 10. The Bertz CT molecular complexity index is 2840. The number of ether oxygens (including phenoxy) is 1. The SMILES string of the molecule is CCS(=O)(=O)Nc1ccc(Oc2ccc(O[I-]CN[C@H](C(=O)N3CCC[C@H]3C(=O)N[C@H](C)c3ccc(-c4scnc4C)cc3)C(C)(C)C)cc2F)c(-c2cn(C)c(=O)c3[nH]ccc23)c1. The van der Waals surface area contributed by atoms with Crippen LogP contribution in [0.3, 0.4) is 0 Å². The molecule has 0 spiro atoms. The summed E-state index contributed by atoms with van der Waals surface area (Å²) in [5.41, 5.74) is 5.73. The number of aromatic nitrogens is 3. The molecule has 1 aliphatic heterocycles. The Kier molecular flexibility index (Phi) is 14.2. The number of amides is 2. The first-order chi connectivity index (χ1) is 30.4. The van der Waals surface area contributed by atoms with Crippen molar-refractivity contribution in [2.45, 2.75) is 72.5 Å². The quantitative estimate of drug-likeness (QED) is 0.0456. The summed E-state index contributed by atoms with van der Waals surface area (Å²) < 4.78 is 57.1. The van der Waals surface area contributed by atoms with Crippen molar-refractivity contribution in [2.24, 2.45) is 12.5 Å². The number of nitrogens with zero attached hydrogens (tertiary/aromatic N) is 3. The summed E-state index contributed by atoms with van der Waals surface area (Å²) in [6, 6.07) is 17.3. The van der Waals surface area contributed by atoms with Crippen molar-refractivity contribution >= 4 is 49.8 Å². The molecular formula is C46H52FIN7O7S2-. The average Bonchev–Trinajstić information content (AvgIpc) is 4.05. The standard InChI is InChI=1S/C46H52FIN7O7S2/c1-8-64(59,60)53-31-15-17-38(34(22-31)35-24-54(7)44(57)40-33(35)19-20-49-40)61-39-18-16-32(23-36(39)47)62-48-25-50-42(46(4,5)6)45(58)55-21-9-10-37(55)43(56)52-27(2)29-11-13-30(14-12-29)41-28(3)51-26-63-41/h11-20,22-24,26-27,37,42,49-50,53H,8-10,21,25H2,1-7H3,(H,52,56)/q-1/t27-,37+,42-/m1/s1. The monoisotopic (exact) mass is 1020 g/mol. The van der Waals surface area contributed by atoms with Gasteiger partial charge in [0.25, 0.3) is 0 Å². The van der Waals surface area contributed by atoms with Crippen LogP contribution in [-0.4, -0.2) is 68.6 Å². The predicted octanol–water partition coefficient (Wildman–Crippen LogP) is 4.87. The number of hydrogen-bond donors (Lipinski definition) is 4. The third-order valence-corrected chi connectivity index (χ3v) is 15.0. The van der Waals surface area contributed by atoms with E-state index in [-0.39, 0.29) is 52.1 Å². The number of alkyl halides is 1. The maximum absolute atomic E-state index is 15.7. The number of carbonyl (C=O) groups excluding carboxylic acids is 2. The van der Waals surface area contributed by atoms with Crippen LogP contribution < -0.4 is 50.3 Å². The van der Waals surface area contributed by atoms with Crippen LogP contribution in [0.5, 0.6) is 17.2 Å². The molecule has 64 heavy (non-hydrogen) atoms. The number of pyridine rings is 1. The molecule has 0 saturated carbocycles. The number of H-pyrrole nitrogens is 1. The molecule has 3 aromatic heterocycles. The van der Waals surface area contributed by atoms with Crippen LogP contribution in [0.4, 0.5) is 10.1 Å². The number of aromatic amines is 1. The Morgan fingerprint density at radius 1 is 1.06 bits per heavy atom. The minimum atomic E-state index is -3.62. The fraction of sp³-hybridized carbons (Fsp3) is 0.348. The zero-order valence-corrected chi connectivity index (χ0v) is 40.4. The van der Waals surface area contributed by atoms with E-state index in [9.17, 15) is 22.8 Å². The first kappa shape index (κ1) is 46.7. The van der Waals surface area contributed by atoms with Gasteiger partial charge in [-0.05, 0) is 19.4 Å². The van der Waals surface area contributed by atoms with Gasteiger partial charge < -0.3 is 0 Å². The second-order valence-corrected chi connectivity index (χ2v) is 21.5. The van der Waals surface area contributed by atoms with Crippen molar-refractivity contribution in [1.82, 2.24) is 30.1 Å². The summed E-state index contributed by atoms with van der Waals surface area (Å²) in [6.45, 7) is 11.9. The van der Waals surface area contributed by atoms with E-state index in [4.69, 9.17) is 7.80 Å². The van der Waals surface area contributed by atoms with Gasteiger partial charge in [-0.25, -0.2) is 13.4 Å². The molecule has 2 amide bonds. The summed E-state index contributed by atoms with van der Waals surface area (Å²) in [4.78, 5) is 50.8. The number of benzene rings is 3. The Labute approximate surface area is 386 Å². The van der Waals surface area contributed by atoms with E-state index < -0.39 is 55.0 Å². The second-order valence-electron chi connectivity index (χ2n) is 16.8. The molecule has 0 unspecified atom stereocenters. The average molecular weight is 1020 g/mol. The van der Waals surface area contributed by atoms with Gasteiger partial charge in [-0.1, -0.05) is 0 Å². The van der Waals surface area contributed by atoms with Crippen molar-refractivity contribution in [3.05, 3.63) is 112 Å². The van der Waals surface area contributed by atoms with Crippen molar-refractivity contribution < 1.29 is 51.8 Å². The van der Waals surface area contributed by atoms with Crippen LogP contribution in [0.1, 0.15) is 64.8 Å². The second kappa shape index (κ2) is 19.4. The maximum atomic E-state index is 15.7. The van der Waals surface area contributed by atoms with Crippen LogP contribution in [0.25, 0.3) is 32.5 Å². The molecule has 0 radical (unpaired) electrons. The third-order valence-electron chi connectivity index (χ3n) is 11.1. The predicted molar refractivity (Wildman–Crippen MR) is 244 cm³/mol. The van der Waals surface area contributed by atoms with Gasteiger partial charge in [-0.3, -0.25) is 4.79 Å². The third kappa shape index (κ3) is 10.5. The Morgan fingerprint density at radius 3 is 2.50 bits per heavy atom. The van der Waals surface area contributed by atoms with Crippen LogP contribution in [0.2, 0.25) is 0 Å². The van der Waals surface area contributed by atoms with Gasteiger partial charge in [0.1, 0.15) is 0 Å². The van der Waals surface area contributed by atoms with Crippen molar-refractivity contribution in [3.63, 3.8) is 0 Å². The number of anilines is 1. The molecule has 0 bridgehead atoms. The van der Waals surface area contributed by atoms with Gasteiger partial charge in [-0.15, -0.1) is 11.3 Å². The van der Waals surface area contributed by atoms with Gasteiger partial charge >= 0.3 is 318 Å². The summed E-state index contributed by atoms with van der Waals surface area (Å²) in [5.74, 6) is -0.752. The molecule has 3 atom stereocenters. The molecule has 340 valence electrons. The van der Waals surface area contributed by atoms with Crippen molar-refractivity contribution in [3.8, 4) is 38.8 Å². The minimum absolute atomic E-state index is 0.0983. The Hall–Kier alpha value is -5.31. The molecule has 1 saturated heterocycles. The zero-order valence-electron chi connectivity index (χ0n) is 36.6. The van der Waals surface area contributed by atoms with Crippen LogP contribution in [-0.2, 0) is 26.7 Å². The molecule has 1 fully saturated rings. The fourth-order valence-corrected chi connectivity index (χ4v) is 10.5. The number of rotatable bonds is 16. The van der Waals surface area contributed by atoms with E-state index in [0.717, 1.165) is 28.1 Å². The molecule has 0 aliphatic carbocycles. The zero-order chi connectivity index (χ0) is 45.9. The van der Waals surface area contributed by atoms with E-state index in [0.29, 0.717) is 39.5 Å². The number of sulfonamides is 1. The molecule has 7 rings (SSSR count). The Balaban J connectivity index is 0.986. The van der Waals surface area contributed by atoms with E-state index in [1.807, 2.05) is 64.4 Å². The van der Waals surface area contributed by atoms with E-state index >= 15 is 4.39 Å². The van der Waals surface area contributed by atoms with Gasteiger partial charge in [0, 0.05) is 0 Å². The van der Waals surface area contributed by atoms with Gasteiger partial charge in [0.2, 0.25) is 0 Å². The van der Waals surface area contributed by atoms with Gasteiger partial charge in [0.05, 0.1) is 21.8 Å². The van der Waals surface area contributed by atoms with Crippen LogP contribution in [0, 0.1) is 18.2 Å². The number of thiazole rings is 1. The van der Waals surface area contributed by atoms with Crippen LogP contribution in [0.15, 0.2) is 89.4 Å². The van der Waals surface area contributed by atoms with Gasteiger partial charge in [-0.2, -0.15) is 0 Å². The molecular weight excluding hydrogens is 973 g/mol. The van der Waals surface area contributed by atoms with E-state index in [1.165, 1.54) is 29.7 Å². The molecule has 4 heterocycles. The van der Waals surface area contributed by atoms with Crippen molar-refractivity contribution in [2.75, 3.05) is 21.6 Å². The topological polar surface area (TPSA) is 177 Å². The summed E-state index contributed by atoms with van der Waals surface area (Å²) in [5, 5.41) is 7.10. The van der Waals surface area contributed by atoms with Crippen LogP contribution >= 0.6 is 11.3 Å². The summed E-state index contributed by atoms with van der Waals surface area (Å²) >= 11 is 0.537. The fourth-order valence-electron chi connectivity index (χ4n) is 7.69. The van der Waals surface area contributed by atoms with Crippen molar-refractivity contribution in [1.29, 1.82) is 0 Å². The molecule has 1 aliphatic rings. The van der Waals surface area contributed by atoms with Gasteiger partial charge in [0.15, 0.2) is 0 Å². The molecule has 6 aromatic rings. The number of nitrogens with one attached hydrogen (secondary N) is 4. The molecule has 4 N–H and O–H groups in total. The molecule has 3 aromatic carbocycles. The summed E-state index contributed by atoms with van der Waals surface area (Å²) in [6.07, 6.45) is 4.55. The van der Waals surface area contributed by atoms with E-state index in [2.05, 4.69) is 25.3 Å². The first-order valence-corrected chi connectivity index (χ1v) is 25.8.